The number of nitrogens with zero attached hydrogens (tertiary/aromatic N) is 5. The summed E-state index contributed by atoms with van der Waals surface area (Å²) in [5, 5.41) is 19.0. The zero-order chi connectivity index (χ0) is 20.3. The first-order valence-electron chi connectivity index (χ1n) is 10.2. The fraction of sp³-hybridized carbons (Fsp3) is 0.381. The maximum Gasteiger partial charge on any atom is 0.298 e. The van der Waals surface area contributed by atoms with Crippen molar-refractivity contribution in [2.24, 2.45) is 5.92 Å². The molecule has 0 radical (unpaired) electrons. The topological polar surface area (TPSA) is 109 Å². The summed E-state index contributed by atoms with van der Waals surface area (Å²) in [6, 6.07) is 6.29. The van der Waals surface area contributed by atoms with Crippen LogP contribution in [0.1, 0.15) is 19.3 Å². The highest BCUT2D eigenvalue weighted by molar-refractivity contribution is 5.75. The van der Waals surface area contributed by atoms with Crippen molar-refractivity contribution in [3.05, 3.63) is 36.8 Å². The predicted octanol–water partition coefficient (Wildman–Crippen LogP) is 2.04. The van der Waals surface area contributed by atoms with Crippen molar-refractivity contribution in [1.29, 1.82) is 0 Å². The Hall–Kier alpha value is -3.33. The van der Waals surface area contributed by atoms with Gasteiger partial charge in [-0.05, 0) is 49.4 Å². The number of aromatic nitrogens is 5. The number of hydrogen-bond donors (Lipinski definition) is 2. The number of H-pyrrole nitrogens is 1. The molecule has 1 aliphatic heterocycles. The fourth-order valence-electron chi connectivity index (χ4n) is 3.81. The molecule has 3 aromatic rings. The van der Waals surface area contributed by atoms with Gasteiger partial charge >= 0.3 is 0 Å². The highest BCUT2D eigenvalue weighted by Crippen LogP contribution is 2.33. The molecule has 2 aliphatic rings. The first kappa shape index (κ1) is 18.7. The van der Waals surface area contributed by atoms with Gasteiger partial charge in [0, 0.05) is 36.5 Å². The van der Waals surface area contributed by atoms with Crippen LogP contribution in [0.4, 0.5) is 5.95 Å². The molecule has 3 heterocycles. The van der Waals surface area contributed by atoms with Crippen LogP contribution < -0.4 is 15.0 Å². The lowest BCUT2D eigenvalue weighted by Gasteiger charge is -2.16. The summed E-state index contributed by atoms with van der Waals surface area (Å²) in [4.78, 5) is 17.7. The maximum atomic E-state index is 11.0. The van der Waals surface area contributed by atoms with Gasteiger partial charge in [0.25, 0.3) is 6.47 Å². The van der Waals surface area contributed by atoms with E-state index in [1.165, 1.54) is 12.8 Å². The lowest BCUT2D eigenvalue weighted by Crippen LogP contribution is -2.28. The minimum Gasteiger partial charge on any atom is -0.428 e. The molecule has 9 heteroatoms. The summed E-state index contributed by atoms with van der Waals surface area (Å²) < 4.78 is 5.20. The second-order valence-corrected chi connectivity index (χ2v) is 7.84. The van der Waals surface area contributed by atoms with Crippen molar-refractivity contribution in [2.45, 2.75) is 25.3 Å². The Labute approximate surface area is 173 Å². The number of nitrogens with one attached hydrogen (secondary N) is 2. The minimum atomic E-state index is 0.403. The Morgan fingerprint density at radius 3 is 2.87 bits per heavy atom. The van der Waals surface area contributed by atoms with Crippen LogP contribution >= 0.6 is 0 Å². The number of benzene rings is 1. The fourth-order valence-corrected chi connectivity index (χ4v) is 3.81. The van der Waals surface area contributed by atoms with E-state index in [1.54, 1.807) is 24.7 Å². The van der Waals surface area contributed by atoms with Crippen molar-refractivity contribution in [1.82, 2.24) is 30.7 Å². The van der Waals surface area contributed by atoms with E-state index >= 15 is 0 Å². The largest absolute Gasteiger partial charge is 0.428 e. The van der Waals surface area contributed by atoms with Gasteiger partial charge in [0.1, 0.15) is 11.4 Å². The molecule has 1 aliphatic carbocycles. The Morgan fingerprint density at radius 1 is 1.20 bits per heavy atom. The van der Waals surface area contributed by atoms with E-state index in [9.17, 15) is 4.79 Å². The summed E-state index contributed by atoms with van der Waals surface area (Å²) in [6.07, 6.45) is 8.92. The third kappa shape index (κ3) is 4.02. The van der Waals surface area contributed by atoms with Crippen LogP contribution in [0.15, 0.2) is 36.8 Å². The third-order valence-electron chi connectivity index (χ3n) is 5.65. The van der Waals surface area contributed by atoms with Crippen LogP contribution in [0.5, 0.6) is 5.75 Å². The molecule has 1 saturated carbocycles. The lowest BCUT2D eigenvalue weighted by molar-refractivity contribution is -0.120. The van der Waals surface area contributed by atoms with E-state index < -0.39 is 0 Å². The van der Waals surface area contributed by atoms with E-state index in [1.807, 2.05) is 12.1 Å². The lowest BCUT2D eigenvalue weighted by atomic mass is 10.0. The average Bonchev–Trinajstić information content (AvgIpc) is 3.25. The molecule has 2 fully saturated rings. The van der Waals surface area contributed by atoms with Gasteiger partial charge in [-0.25, -0.2) is 4.98 Å². The smallest absolute Gasteiger partial charge is 0.298 e. The number of anilines is 1. The number of ether oxygens (including phenoxy) is 1. The van der Waals surface area contributed by atoms with Gasteiger partial charge in [0.2, 0.25) is 5.95 Å². The van der Waals surface area contributed by atoms with Gasteiger partial charge in [-0.15, -0.1) is 10.2 Å². The molecule has 1 unspecified atom stereocenters. The monoisotopic (exact) mass is 405 g/mol. The van der Waals surface area contributed by atoms with Crippen molar-refractivity contribution in [3.8, 4) is 28.1 Å². The highest BCUT2D eigenvalue weighted by atomic mass is 16.5. The molecule has 30 heavy (non-hydrogen) atoms. The molecular weight excluding hydrogens is 382 g/mol. The summed E-state index contributed by atoms with van der Waals surface area (Å²) in [6.45, 7) is 3.35. The Kier molecular flexibility index (Phi) is 5.10. The van der Waals surface area contributed by atoms with Crippen molar-refractivity contribution in [3.63, 3.8) is 0 Å². The van der Waals surface area contributed by atoms with Crippen molar-refractivity contribution < 1.29 is 9.53 Å². The molecule has 1 atom stereocenters. The highest BCUT2D eigenvalue weighted by Gasteiger charge is 2.27. The van der Waals surface area contributed by atoms with Gasteiger partial charge in [0.15, 0.2) is 0 Å². The van der Waals surface area contributed by atoms with Crippen LogP contribution in [0.2, 0.25) is 0 Å². The van der Waals surface area contributed by atoms with E-state index in [-0.39, 0.29) is 0 Å². The Balaban J connectivity index is 1.31. The Morgan fingerprint density at radius 2 is 2.13 bits per heavy atom. The minimum absolute atomic E-state index is 0.403. The number of rotatable bonds is 8. The van der Waals surface area contributed by atoms with Crippen molar-refractivity contribution in [2.75, 3.05) is 24.5 Å². The van der Waals surface area contributed by atoms with E-state index in [4.69, 9.17) is 4.74 Å². The average molecular weight is 405 g/mol. The van der Waals surface area contributed by atoms with Crippen LogP contribution in [0.25, 0.3) is 22.4 Å². The van der Waals surface area contributed by atoms with E-state index in [2.05, 4.69) is 35.6 Å². The van der Waals surface area contributed by atoms with Crippen molar-refractivity contribution >= 4 is 12.4 Å². The first-order valence-corrected chi connectivity index (χ1v) is 10.2. The van der Waals surface area contributed by atoms with Gasteiger partial charge in [-0.2, -0.15) is 5.10 Å². The van der Waals surface area contributed by atoms with E-state index in [0.29, 0.717) is 35.3 Å². The number of carbonyl (C=O) groups is 1. The molecule has 1 aromatic carbocycles. The van der Waals surface area contributed by atoms with Gasteiger partial charge < -0.3 is 15.0 Å². The second-order valence-electron chi connectivity index (χ2n) is 7.84. The summed E-state index contributed by atoms with van der Waals surface area (Å²) in [5.74, 6) is 1.66. The van der Waals surface area contributed by atoms with Gasteiger partial charge in [0.05, 0.1) is 12.4 Å². The summed E-state index contributed by atoms with van der Waals surface area (Å²) in [7, 11) is 0. The van der Waals surface area contributed by atoms with Gasteiger partial charge in [-0.3, -0.25) is 9.89 Å². The quantitative estimate of drug-likeness (QED) is 0.548. The molecule has 154 valence electrons. The van der Waals surface area contributed by atoms with Crippen LogP contribution in [0, 0.1) is 5.92 Å². The SMILES string of the molecule is O=COc1cc(-c2cn[nH]c2)ccc1-c1cnc(N2CCC(CNC3CC3)C2)nn1. The molecule has 5 rings (SSSR count). The maximum absolute atomic E-state index is 11.0. The molecular formula is C21H23N7O2. The first-order chi connectivity index (χ1) is 14.8. The molecule has 2 aromatic heterocycles. The van der Waals surface area contributed by atoms with Crippen LogP contribution in [0.3, 0.4) is 0 Å². The summed E-state index contributed by atoms with van der Waals surface area (Å²) >= 11 is 0. The normalized spacial score (nSPS) is 18.5. The zero-order valence-electron chi connectivity index (χ0n) is 16.5. The second kappa shape index (κ2) is 8.19. The predicted molar refractivity (Wildman–Crippen MR) is 111 cm³/mol. The molecule has 9 nitrogen and oxygen atoms in total. The van der Waals surface area contributed by atoms with Crippen LogP contribution in [-0.4, -0.2) is 57.5 Å². The van der Waals surface area contributed by atoms with E-state index in [0.717, 1.165) is 43.2 Å². The third-order valence-corrected chi connectivity index (χ3v) is 5.65. The zero-order valence-corrected chi connectivity index (χ0v) is 16.5. The number of aromatic amines is 1. The molecule has 0 bridgehead atoms. The number of carbonyl (C=O) groups excluding carboxylic acids is 1. The van der Waals surface area contributed by atoms with Crippen LogP contribution in [-0.2, 0) is 4.79 Å². The molecule has 1 saturated heterocycles. The summed E-state index contributed by atoms with van der Waals surface area (Å²) in [5.41, 5.74) is 3.00. The molecule has 2 N–H and O–H groups in total. The number of hydrogen-bond acceptors (Lipinski definition) is 8. The molecule has 0 amide bonds. The van der Waals surface area contributed by atoms with Gasteiger partial charge in [-0.1, -0.05) is 6.07 Å². The Bertz CT molecular complexity index is 1000. The molecule has 0 spiro atoms. The standard InChI is InChI=1S/C21H23N7O2/c29-13-30-20-7-15(16-9-24-25-10-16)1-4-18(20)19-11-23-21(27-26-19)28-6-5-14(12-28)8-22-17-2-3-17/h1,4,7,9-11,13-14,17,22H,2-3,5-6,8,12H2,(H,24,25).